The lowest BCUT2D eigenvalue weighted by atomic mass is 9.81. The lowest BCUT2D eigenvalue weighted by molar-refractivity contribution is -0.202. The summed E-state index contributed by atoms with van der Waals surface area (Å²) in [5.74, 6) is -2.31. The molecule has 35 heavy (non-hydrogen) atoms. The molecular formula is C25H23NO7S2. The number of rotatable bonds is 6. The fourth-order valence-corrected chi connectivity index (χ4v) is 5.61. The number of hydrogen-bond donors (Lipinski definition) is 1. The first-order valence-electron chi connectivity index (χ1n) is 10.6. The van der Waals surface area contributed by atoms with Crippen LogP contribution >= 0.6 is 24.4 Å². The summed E-state index contributed by atoms with van der Waals surface area (Å²) in [6.07, 6.45) is -2.35. The second-order valence-electron chi connectivity index (χ2n) is 7.85. The van der Waals surface area contributed by atoms with Crippen molar-refractivity contribution in [1.82, 2.24) is 0 Å². The Kier molecular flexibility index (Phi) is 8.25. The zero-order valence-corrected chi connectivity index (χ0v) is 20.9. The van der Waals surface area contributed by atoms with E-state index in [1.54, 1.807) is 24.3 Å². The molecule has 1 heterocycles. The van der Waals surface area contributed by atoms with E-state index in [1.807, 2.05) is 6.07 Å². The number of carbonyl (C=O) groups is 4. The normalized spacial score (nSPS) is 23.5. The zero-order valence-electron chi connectivity index (χ0n) is 19.2. The van der Waals surface area contributed by atoms with Gasteiger partial charge in [-0.05, 0) is 24.3 Å². The quantitative estimate of drug-likeness (QED) is 0.268. The lowest BCUT2D eigenvalue weighted by Crippen LogP contribution is -2.60. The van der Waals surface area contributed by atoms with Crippen molar-refractivity contribution in [3.05, 3.63) is 70.8 Å². The van der Waals surface area contributed by atoms with Gasteiger partial charge in [-0.1, -0.05) is 24.3 Å². The maximum absolute atomic E-state index is 13.6. The molecule has 0 spiro atoms. The van der Waals surface area contributed by atoms with E-state index in [2.05, 4.69) is 12.6 Å². The molecule has 4 atom stereocenters. The fraction of sp³-hybridized carbons (Fsp3) is 0.320. The molecule has 1 saturated heterocycles. The van der Waals surface area contributed by atoms with Crippen LogP contribution in [0.15, 0.2) is 48.5 Å². The van der Waals surface area contributed by atoms with Crippen LogP contribution in [0, 0.1) is 11.3 Å². The molecule has 0 aliphatic carbocycles. The van der Waals surface area contributed by atoms with Crippen LogP contribution in [0.4, 0.5) is 0 Å². The molecular weight excluding hydrogens is 490 g/mol. The van der Waals surface area contributed by atoms with Gasteiger partial charge in [-0.2, -0.15) is 17.9 Å². The largest absolute Gasteiger partial charge is 0.456 e. The molecule has 1 aliphatic rings. The summed E-state index contributed by atoms with van der Waals surface area (Å²) >= 11 is 5.73. The monoisotopic (exact) mass is 513 g/mol. The molecule has 182 valence electrons. The van der Waals surface area contributed by atoms with Crippen molar-refractivity contribution in [2.24, 2.45) is 0 Å². The first-order chi connectivity index (χ1) is 16.6. The van der Waals surface area contributed by atoms with E-state index in [1.165, 1.54) is 56.8 Å². The topological polar surface area (TPSA) is 120 Å². The summed E-state index contributed by atoms with van der Waals surface area (Å²) in [6, 6.07) is 14.6. The molecule has 0 amide bonds. The number of esters is 3. The van der Waals surface area contributed by atoms with Gasteiger partial charge in [0.15, 0.2) is 23.6 Å². The number of nitrogens with zero attached hydrogens (tertiary/aromatic N) is 1. The minimum Gasteiger partial charge on any atom is -0.456 e. The number of nitriles is 1. The van der Waals surface area contributed by atoms with Crippen molar-refractivity contribution in [2.75, 3.05) is 5.75 Å². The van der Waals surface area contributed by atoms with Gasteiger partial charge >= 0.3 is 17.9 Å². The molecule has 1 unspecified atom stereocenters. The first-order valence-corrected chi connectivity index (χ1v) is 12.1. The number of ketones is 1. The number of benzene rings is 2. The number of ether oxygens (including phenoxy) is 3. The zero-order chi connectivity index (χ0) is 25.8. The maximum atomic E-state index is 13.6. The second-order valence-corrected chi connectivity index (χ2v) is 9.89. The molecule has 0 aromatic heterocycles. The molecule has 1 aliphatic heterocycles. The van der Waals surface area contributed by atoms with Crippen LogP contribution in [0.2, 0.25) is 0 Å². The van der Waals surface area contributed by atoms with Gasteiger partial charge in [-0.3, -0.25) is 19.2 Å². The molecule has 1 fully saturated rings. The average Bonchev–Trinajstić information content (AvgIpc) is 2.82. The number of hydrogen-bond acceptors (Lipinski definition) is 10. The Morgan fingerprint density at radius 3 is 2.17 bits per heavy atom. The van der Waals surface area contributed by atoms with Gasteiger partial charge in [0, 0.05) is 43.2 Å². The summed E-state index contributed by atoms with van der Waals surface area (Å²) in [5, 5.41) is 9.06. The van der Waals surface area contributed by atoms with Crippen LogP contribution in [-0.4, -0.2) is 46.2 Å². The molecule has 2 aromatic carbocycles. The SMILES string of the molecule is CC(=O)O[C@@H]1[C@@H](OC(C)=O)C(S)SC[C@]1(OC(C)=O)c1ccccc1C(=O)c1ccc(C#N)cc1. The van der Waals surface area contributed by atoms with Crippen molar-refractivity contribution in [3.8, 4) is 6.07 Å². The van der Waals surface area contributed by atoms with Crippen LogP contribution in [-0.2, 0) is 34.2 Å². The third-order valence-electron chi connectivity index (χ3n) is 5.33. The fourth-order valence-electron chi connectivity index (χ4n) is 3.99. The smallest absolute Gasteiger partial charge is 0.303 e. The van der Waals surface area contributed by atoms with Crippen molar-refractivity contribution >= 4 is 48.1 Å². The Morgan fingerprint density at radius 1 is 0.971 bits per heavy atom. The summed E-state index contributed by atoms with van der Waals surface area (Å²) in [5.41, 5.74) is -0.448. The van der Waals surface area contributed by atoms with E-state index < -0.39 is 40.3 Å². The van der Waals surface area contributed by atoms with E-state index in [4.69, 9.17) is 19.5 Å². The molecule has 0 bridgehead atoms. The number of thiol groups is 1. The van der Waals surface area contributed by atoms with Crippen LogP contribution in [0.3, 0.4) is 0 Å². The van der Waals surface area contributed by atoms with Crippen molar-refractivity contribution in [1.29, 1.82) is 5.26 Å². The molecule has 0 radical (unpaired) electrons. The summed E-state index contributed by atoms with van der Waals surface area (Å²) in [6.45, 7) is 3.60. The molecule has 8 nitrogen and oxygen atoms in total. The summed E-state index contributed by atoms with van der Waals surface area (Å²) in [4.78, 5) is 49.9. The molecule has 0 saturated carbocycles. The molecule has 2 aromatic rings. The Hall–Kier alpha value is -3.29. The van der Waals surface area contributed by atoms with E-state index in [9.17, 15) is 19.2 Å². The van der Waals surface area contributed by atoms with Gasteiger partial charge in [-0.15, -0.1) is 11.8 Å². The summed E-state index contributed by atoms with van der Waals surface area (Å²) in [7, 11) is 0. The predicted octanol–water partition coefficient (Wildman–Crippen LogP) is 3.41. The minimum absolute atomic E-state index is 0.0775. The molecule has 0 N–H and O–H groups in total. The van der Waals surface area contributed by atoms with Gasteiger partial charge in [0.05, 0.1) is 16.2 Å². The van der Waals surface area contributed by atoms with Gasteiger partial charge in [0.1, 0.15) is 0 Å². The first kappa shape index (κ1) is 26.3. The van der Waals surface area contributed by atoms with Crippen LogP contribution in [0.1, 0.15) is 47.8 Å². The summed E-state index contributed by atoms with van der Waals surface area (Å²) < 4.78 is 16.3. The number of thioether (sulfide) groups is 1. The third kappa shape index (κ3) is 5.69. The van der Waals surface area contributed by atoms with Gasteiger partial charge in [0.25, 0.3) is 0 Å². The van der Waals surface area contributed by atoms with Gasteiger partial charge in [0.2, 0.25) is 0 Å². The van der Waals surface area contributed by atoms with Crippen LogP contribution in [0.25, 0.3) is 0 Å². The average molecular weight is 514 g/mol. The maximum Gasteiger partial charge on any atom is 0.303 e. The minimum atomic E-state index is -1.65. The Labute approximate surface area is 212 Å². The highest BCUT2D eigenvalue weighted by molar-refractivity contribution is 8.10. The van der Waals surface area contributed by atoms with Crippen molar-refractivity contribution < 1.29 is 33.4 Å². The van der Waals surface area contributed by atoms with Gasteiger partial charge < -0.3 is 14.2 Å². The van der Waals surface area contributed by atoms with Crippen molar-refractivity contribution in [2.45, 2.75) is 43.2 Å². The van der Waals surface area contributed by atoms with E-state index in [-0.39, 0.29) is 17.1 Å². The predicted molar refractivity (Wildman–Crippen MR) is 131 cm³/mol. The van der Waals surface area contributed by atoms with Gasteiger partial charge in [-0.25, -0.2) is 0 Å². The van der Waals surface area contributed by atoms with Crippen molar-refractivity contribution in [3.63, 3.8) is 0 Å². The highest BCUT2D eigenvalue weighted by atomic mass is 32.2. The lowest BCUT2D eigenvalue weighted by Gasteiger charge is -2.47. The Bertz CT molecular complexity index is 1190. The number of carbonyl (C=O) groups excluding carboxylic acids is 4. The highest BCUT2D eigenvalue weighted by Crippen LogP contribution is 2.47. The van der Waals surface area contributed by atoms with E-state index in [0.717, 1.165) is 0 Å². The second kappa shape index (κ2) is 11.0. The van der Waals surface area contributed by atoms with Crippen LogP contribution < -0.4 is 0 Å². The Morgan fingerprint density at radius 2 is 1.60 bits per heavy atom. The molecule has 10 heteroatoms. The van der Waals surface area contributed by atoms with E-state index >= 15 is 0 Å². The molecule has 3 rings (SSSR count). The highest BCUT2D eigenvalue weighted by Gasteiger charge is 2.57. The Balaban J connectivity index is 2.22. The van der Waals surface area contributed by atoms with Crippen LogP contribution in [0.5, 0.6) is 0 Å². The third-order valence-corrected chi connectivity index (χ3v) is 7.28. The standard InChI is InChI=1S/C25H23NO7S2/c1-14(27)31-22-23(32-15(2)28)25(33-16(3)29,13-35-24(22)34)20-7-5-4-6-19(20)21(30)18-10-8-17(12-26)9-11-18/h4-11,22-24,34H,13H2,1-3H3/t22-,23-,24?,25+/m1/s1. The van der Waals surface area contributed by atoms with E-state index in [0.29, 0.717) is 16.7 Å².